The van der Waals surface area contributed by atoms with Gasteiger partial charge in [-0.1, -0.05) is 24.8 Å². The van der Waals surface area contributed by atoms with Crippen molar-refractivity contribution in [3.63, 3.8) is 0 Å². The number of fused-ring (bicyclic) bond motifs is 1. The van der Waals surface area contributed by atoms with Crippen molar-refractivity contribution in [2.75, 3.05) is 5.32 Å². The zero-order chi connectivity index (χ0) is 21.9. The van der Waals surface area contributed by atoms with Crippen molar-refractivity contribution in [2.24, 2.45) is 0 Å². The predicted molar refractivity (Wildman–Crippen MR) is 125 cm³/mol. The van der Waals surface area contributed by atoms with Gasteiger partial charge in [0.1, 0.15) is 12.1 Å². The van der Waals surface area contributed by atoms with Crippen LogP contribution in [-0.4, -0.2) is 28.7 Å². The Balaban J connectivity index is 1.47. The molecule has 0 unspecified atom stereocenters. The fraction of sp³-hybridized carbons (Fsp3) is 0.0833. The number of hydrogen-bond acceptors (Lipinski definition) is 5. The Kier molecular flexibility index (Phi) is 5.09. The van der Waals surface area contributed by atoms with E-state index in [-0.39, 0.29) is 5.69 Å². The van der Waals surface area contributed by atoms with E-state index in [0.717, 1.165) is 27.8 Å². The molecule has 3 aromatic heterocycles. The van der Waals surface area contributed by atoms with Gasteiger partial charge in [0.05, 0.1) is 17.5 Å². The zero-order valence-corrected chi connectivity index (χ0v) is 17.3. The van der Waals surface area contributed by atoms with E-state index in [2.05, 4.69) is 26.8 Å². The van der Waals surface area contributed by atoms with Crippen molar-refractivity contribution < 1.29 is 0 Å². The lowest BCUT2D eigenvalue weighted by atomic mass is 10.2. The molecule has 8 heteroatoms. The predicted octanol–water partition coefficient (Wildman–Crippen LogP) is 3.87. The number of hydrogen-bond donors (Lipinski definition) is 1. The Morgan fingerprint density at radius 3 is 2.81 bits per heavy atom. The van der Waals surface area contributed by atoms with Crippen molar-refractivity contribution in [1.29, 1.82) is 0 Å². The van der Waals surface area contributed by atoms with E-state index in [0.29, 0.717) is 18.9 Å². The van der Waals surface area contributed by atoms with Crippen LogP contribution < -0.4 is 11.0 Å². The lowest BCUT2D eigenvalue weighted by Gasteiger charge is -2.10. The van der Waals surface area contributed by atoms with Gasteiger partial charge >= 0.3 is 5.69 Å². The van der Waals surface area contributed by atoms with E-state index in [1.54, 1.807) is 40.1 Å². The van der Waals surface area contributed by atoms with Crippen LogP contribution in [0.25, 0.3) is 22.7 Å². The van der Waals surface area contributed by atoms with Crippen LogP contribution in [0, 0.1) is 0 Å². The van der Waals surface area contributed by atoms with E-state index in [1.807, 2.05) is 53.2 Å². The van der Waals surface area contributed by atoms with Crippen molar-refractivity contribution in [3.8, 4) is 5.69 Å². The number of imidazole rings is 2. The molecular weight excluding hydrogens is 402 g/mol. The highest BCUT2D eigenvalue weighted by Crippen LogP contribution is 2.25. The molecule has 0 bridgehead atoms. The molecule has 8 nitrogen and oxygen atoms in total. The molecule has 0 saturated carbocycles. The van der Waals surface area contributed by atoms with E-state index >= 15 is 0 Å². The largest absolute Gasteiger partial charge is 0.340 e. The Morgan fingerprint density at radius 1 is 1.03 bits per heavy atom. The summed E-state index contributed by atoms with van der Waals surface area (Å²) in [5, 5.41) is 4.18. The van der Waals surface area contributed by atoms with Crippen LogP contribution in [-0.2, 0) is 13.1 Å². The molecule has 0 aliphatic carbocycles. The second-order valence-corrected chi connectivity index (χ2v) is 7.32. The molecule has 3 heterocycles. The quantitative estimate of drug-likeness (QED) is 0.430. The number of aryl methyl sites for hydroxylation is 2. The average molecular weight is 423 g/mol. The van der Waals surface area contributed by atoms with E-state index in [4.69, 9.17) is 0 Å². The fourth-order valence-electron chi connectivity index (χ4n) is 3.60. The first-order valence-electron chi connectivity index (χ1n) is 10.2. The molecule has 5 aromatic rings. The van der Waals surface area contributed by atoms with Gasteiger partial charge in [-0.3, -0.25) is 9.13 Å². The Morgan fingerprint density at radius 2 is 1.97 bits per heavy atom. The first kappa shape index (κ1) is 19.5. The topological polar surface area (TPSA) is 82.6 Å². The number of nitrogens with one attached hydrogen (secondary N) is 1. The molecule has 32 heavy (non-hydrogen) atoms. The van der Waals surface area contributed by atoms with Gasteiger partial charge in [-0.25, -0.2) is 19.7 Å². The minimum atomic E-state index is -0.102. The third-order valence-corrected chi connectivity index (χ3v) is 5.29. The summed E-state index contributed by atoms with van der Waals surface area (Å²) in [4.78, 5) is 25.8. The van der Waals surface area contributed by atoms with Crippen LogP contribution in [0.1, 0.15) is 5.56 Å². The van der Waals surface area contributed by atoms with Crippen molar-refractivity contribution in [2.45, 2.75) is 13.1 Å². The Labute approximate surface area is 184 Å². The molecule has 5 rings (SSSR count). The third-order valence-electron chi connectivity index (χ3n) is 5.29. The molecule has 0 aliphatic rings. The fourth-order valence-corrected chi connectivity index (χ4v) is 3.60. The van der Waals surface area contributed by atoms with Crippen LogP contribution in [0.2, 0.25) is 0 Å². The highest BCUT2D eigenvalue weighted by Gasteiger charge is 2.10. The summed E-state index contributed by atoms with van der Waals surface area (Å²) in [5.74, 6) is 0.672. The van der Waals surface area contributed by atoms with Crippen molar-refractivity contribution in [1.82, 2.24) is 28.7 Å². The maximum Gasteiger partial charge on any atom is 0.332 e. The molecular formula is C24H21N7O. The standard InChI is InChI=1S/C24H21N7O/c1-2-18-4-3-5-19(14-18)28-23-21-15-20(6-7-22(21)26-16-27-23)31-13-12-30(24(31)32)11-10-29-9-8-25-17-29/h2-9,12-17H,1,10-11H2,(H,26,27,28). The highest BCUT2D eigenvalue weighted by atomic mass is 16.1. The molecule has 0 saturated heterocycles. The summed E-state index contributed by atoms with van der Waals surface area (Å²) in [7, 11) is 0. The minimum Gasteiger partial charge on any atom is -0.340 e. The lowest BCUT2D eigenvalue weighted by molar-refractivity contribution is 0.562. The van der Waals surface area contributed by atoms with E-state index in [9.17, 15) is 4.79 Å². The second-order valence-electron chi connectivity index (χ2n) is 7.32. The molecule has 0 spiro atoms. The molecule has 158 valence electrons. The van der Waals surface area contributed by atoms with E-state index in [1.165, 1.54) is 6.33 Å². The van der Waals surface area contributed by atoms with Crippen LogP contribution in [0.3, 0.4) is 0 Å². The lowest BCUT2D eigenvalue weighted by Crippen LogP contribution is -2.24. The molecule has 2 aromatic carbocycles. The number of aromatic nitrogens is 6. The van der Waals surface area contributed by atoms with Crippen LogP contribution in [0.15, 0.2) is 91.3 Å². The van der Waals surface area contributed by atoms with Gasteiger partial charge in [0.15, 0.2) is 0 Å². The normalized spacial score (nSPS) is 11.0. The van der Waals surface area contributed by atoms with Crippen molar-refractivity contribution >= 4 is 28.5 Å². The monoisotopic (exact) mass is 423 g/mol. The molecule has 0 amide bonds. The van der Waals surface area contributed by atoms with Crippen LogP contribution in [0.5, 0.6) is 0 Å². The van der Waals surface area contributed by atoms with Gasteiger partial charge in [-0.15, -0.1) is 0 Å². The second kappa shape index (κ2) is 8.35. The Hall–Kier alpha value is -4.46. The Bertz CT molecular complexity index is 1450. The van der Waals surface area contributed by atoms with Crippen molar-refractivity contribution in [3.05, 3.63) is 103 Å². The molecule has 1 N–H and O–H groups in total. The highest BCUT2D eigenvalue weighted by molar-refractivity contribution is 5.92. The van der Waals surface area contributed by atoms with Gasteiger partial charge in [0.2, 0.25) is 0 Å². The first-order chi connectivity index (χ1) is 15.7. The zero-order valence-electron chi connectivity index (χ0n) is 17.3. The third kappa shape index (κ3) is 3.81. The molecule has 0 radical (unpaired) electrons. The first-order valence-corrected chi connectivity index (χ1v) is 10.2. The van der Waals surface area contributed by atoms with Crippen LogP contribution in [0.4, 0.5) is 11.5 Å². The van der Waals surface area contributed by atoms with Gasteiger partial charge in [-0.2, -0.15) is 0 Å². The summed E-state index contributed by atoms with van der Waals surface area (Å²) in [5.41, 5.74) is 3.35. The summed E-state index contributed by atoms with van der Waals surface area (Å²) in [6, 6.07) is 13.6. The summed E-state index contributed by atoms with van der Waals surface area (Å²) in [6.45, 7) is 5.05. The number of anilines is 2. The van der Waals surface area contributed by atoms with Gasteiger partial charge in [0.25, 0.3) is 0 Å². The summed E-state index contributed by atoms with van der Waals surface area (Å²) in [6.07, 6.45) is 12.2. The maximum atomic E-state index is 13.0. The SMILES string of the molecule is C=Cc1cccc(Nc2ncnc3ccc(-n4ccn(CCn5ccnc5)c4=O)cc23)c1. The molecule has 0 aliphatic heterocycles. The van der Waals surface area contributed by atoms with Gasteiger partial charge < -0.3 is 9.88 Å². The average Bonchev–Trinajstić information content (AvgIpc) is 3.47. The number of rotatable bonds is 7. The summed E-state index contributed by atoms with van der Waals surface area (Å²) >= 11 is 0. The van der Waals surface area contributed by atoms with E-state index < -0.39 is 0 Å². The van der Waals surface area contributed by atoms with Gasteiger partial charge in [0, 0.05) is 49.0 Å². The molecule has 0 fully saturated rings. The smallest absolute Gasteiger partial charge is 0.332 e. The summed E-state index contributed by atoms with van der Waals surface area (Å²) < 4.78 is 5.25. The maximum absolute atomic E-state index is 13.0. The molecule has 0 atom stereocenters. The van der Waals surface area contributed by atoms with Gasteiger partial charge in [-0.05, 0) is 35.9 Å². The minimum absolute atomic E-state index is 0.102. The number of nitrogens with zero attached hydrogens (tertiary/aromatic N) is 6. The van der Waals surface area contributed by atoms with Crippen LogP contribution >= 0.6 is 0 Å². The number of benzene rings is 2.